The molecule has 5 aliphatic carbocycles. The van der Waals surface area contributed by atoms with E-state index in [1.807, 2.05) is 30.3 Å². The average molecular weight is 533 g/mol. The fourth-order valence-corrected chi connectivity index (χ4v) is 10.7. The van der Waals surface area contributed by atoms with Gasteiger partial charge in [0, 0.05) is 24.2 Å². The molecule has 7 aliphatic rings. The van der Waals surface area contributed by atoms with Gasteiger partial charge in [-0.05, 0) is 54.6 Å². The molecule has 39 heavy (non-hydrogen) atoms. The van der Waals surface area contributed by atoms with Crippen LogP contribution in [-0.2, 0) is 23.9 Å². The zero-order chi connectivity index (χ0) is 27.8. The Balaban J connectivity index is 1.37. The first kappa shape index (κ1) is 25.4. The molecule has 2 aliphatic heterocycles. The van der Waals surface area contributed by atoms with Crippen molar-refractivity contribution in [1.29, 1.82) is 0 Å². The maximum Gasteiger partial charge on any atom is 0.302 e. The van der Waals surface area contributed by atoms with E-state index in [0.29, 0.717) is 24.8 Å². The van der Waals surface area contributed by atoms with Gasteiger partial charge in [0.05, 0.1) is 12.0 Å². The standard InChI is InChI=1S/C32H36O7/c1-17-20-11-12-21-29-16-38-32(37,26(35)25(29)28(3,4)15-14-23(29)39-18(2)33)31(21)24(20)30(17,27(31)36)22(34)13-10-19-8-6-5-7-9-19/h5-10,13,20-21,23-26,35,37H,1,11-12,14-16H2,2-4H3. The van der Waals surface area contributed by atoms with E-state index in [2.05, 4.69) is 20.4 Å². The summed E-state index contributed by atoms with van der Waals surface area (Å²) in [5.74, 6) is -4.71. The van der Waals surface area contributed by atoms with Gasteiger partial charge in [0.2, 0.25) is 5.79 Å². The molecule has 10 atom stereocenters. The number of allylic oxidation sites excluding steroid dienone is 2. The molecule has 206 valence electrons. The van der Waals surface area contributed by atoms with Gasteiger partial charge in [-0.3, -0.25) is 14.4 Å². The summed E-state index contributed by atoms with van der Waals surface area (Å²) in [5.41, 5.74) is -2.64. The predicted molar refractivity (Wildman–Crippen MR) is 141 cm³/mol. The first-order chi connectivity index (χ1) is 18.4. The van der Waals surface area contributed by atoms with E-state index < -0.39 is 57.8 Å². The zero-order valence-electron chi connectivity index (χ0n) is 22.7. The number of ketones is 2. The Kier molecular flexibility index (Phi) is 4.92. The van der Waals surface area contributed by atoms with Gasteiger partial charge in [-0.25, -0.2) is 0 Å². The van der Waals surface area contributed by atoms with Crippen molar-refractivity contribution in [2.45, 2.75) is 64.4 Å². The smallest absolute Gasteiger partial charge is 0.302 e. The fourth-order valence-electron chi connectivity index (χ4n) is 10.7. The van der Waals surface area contributed by atoms with Crippen LogP contribution in [0, 0.1) is 45.3 Å². The number of benzene rings is 1. The van der Waals surface area contributed by atoms with Crippen molar-refractivity contribution in [3.05, 3.63) is 54.1 Å². The van der Waals surface area contributed by atoms with E-state index in [9.17, 15) is 24.6 Å². The number of aliphatic hydroxyl groups excluding tert-OH is 1. The highest BCUT2D eigenvalue weighted by Gasteiger charge is 2.96. The van der Waals surface area contributed by atoms with Crippen molar-refractivity contribution in [2.24, 2.45) is 45.3 Å². The quantitative estimate of drug-likeness (QED) is 0.264. The highest BCUT2D eigenvalue weighted by atomic mass is 16.6. The van der Waals surface area contributed by atoms with E-state index in [4.69, 9.17) is 9.47 Å². The number of hydrogen-bond acceptors (Lipinski definition) is 7. The van der Waals surface area contributed by atoms with Crippen LogP contribution in [0.3, 0.4) is 0 Å². The van der Waals surface area contributed by atoms with Crippen LogP contribution in [0.25, 0.3) is 6.08 Å². The van der Waals surface area contributed by atoms with Gasteiger partial charge in [0.1, 0.15) is 17.6 Å². The van der Waals surface area contributed by atoms with Crippen molar-refractivity contribution >= 4 is 23.6 Å². The molecule has 8 rings (SSSR count). The normalized spacial score (nSPS) is 48.3. The lowest BCUT2D eigenvalue weighted by molar-refractivity contribution is -0.478. The van der Waals surface area contributed by atoms with Crippen LogP contribution in [0.5, 0.6) is 0 Å². The molecule has 7 nitrogen and oxygen atoms in total. The van der Waals surface area contributed by atoms with Crippen LogP contribution in [0.2, 0.25) is 0 Å². The minimum Gasteiger partial charge on any atom is -0.462 e. The number of rotatable bonds is 4. The second kappa shape index (κ2) is 7.56. The molecular formula is C32H36O7. The molecule has 2 spiro atoms. The van der Waals surface area contributed by atoms with Crippen molar-refractivity contribution in [2.75, 3.05) is 6.61 Å². The molecule has 7 heteroatoms. The molecule has 7 fully saturated rings. The second-order valence-corrected chi connectivity index (χ2v) is 13.5. The van der Waals surface area contributed by atoms with E-state index in [-0.39, 0.29) is 29.6 Å². The Morgan fingerprint density at radius 3 is 2.54 bits per heavy atom. The summed E-state index contributed by atoms with van der Waals surface area (Å²) in [6.07, 6.45) is 3.88. The highest BCUT2D eigenvalue weighted by molar-refractivity contribution is 6.24. The number of Topliss-reactive ketones (excluding diaryl/α,β-unsaturated/α-hetero) is 1. The topological polar surface area (TPSA) is 110 Å². The van der Waals surface area contributed by atoms with Gasteiger partial charge in [-0.1, -0.05) is 62.4 Å². The molecule has 2 saturated heterocycles. The number of esters is 1. The molecule has 5 saturated carbocycles. The number of fused-ring (bicyclic) bond motifs is 1. The molecular weight excluding hydrogens is 496 g/mol. The minimum absolute atomic E-state index is 0.0967. The van der Waals surface area contributed by atoms with Crippen LogP contribution in [0.15, 0.2) is 48.6 Å². The summed E-state index contributed by atoms with van der Waals surface area (Å²) in [5, 5.41) is 24.3. The van der Waals surface area contributed by atoms with Gasteiger partial charge < -0.3 is 19.7 Å². The third kappa shape index (κ3) is 2.51. The summed E-state index contributed by atoms with van der Waals surface area (Å²) in [6, 6.07) is 9.41. The lowest BCUT2D eigenvalue weighted by atomic mass is 9.18. The molecule has 0 aromatic heterocycles. The van der Waals surface area contributed by atoms with E-state index >= 15 is 0 Å². The SMILES string of the molecule is C=C1C2CCC3C45COC(O)(C(O)C4C(C)(C)CCC5OC(C)=O)C34C(=O)C1(C(=O)C=Cc1ccccc1)C24. The van der Waals surface area contributed by atoms with Crippen molar-refractivity contribution in [3.63, 3.8) is 0 Å². The maximum absolute atomic E-state index is 14.7. The summed E-state index contributed by atoms with van der Waals surface area (Å²) in [4.78, 5) is 40.8. The number of hydrogen-bond donors (Lipinski definition) is 2. The molecule has 2 heterocycles. The largest absolute Gasteiger partial charge is 0.462 e. The highest BCUT2D eigenvalue weighted by Crippen LogP contribution is 2.87. The Bertz CT molecular complexity index is 1350. The first-order valence-electron chi connectivity index (χ1n) is 14.1. The third-order valence-corrected chi connectivity index (χ3v) is 11.9. The molecule has 2 N–H and O–H groups in total. The third-order valence-electron chi connectivity index (χ3n) is 11.9. The molecule has 1 aromatic rings. The van der Waals surface area contributed by atoms with Crippen LogP contribution in [0.4, 0.5) is 0 Å². The van der Waals surface area contributed by atoms with Gasteiger partial charge in [0.15, 0.2) is 11.6 Å². The molecule has 0 amide bonds. The summed E-state index contributed by atoms with van der Waals surface area (Å²) >= 11 is 0. The lowest BCUT2D eigenvalue weighted by Gasteiger charge is -2.85. The van der Waals surface area contributed by atoms with Crippen LogP contribution >= 0.6 is 0 Å². The minimum atomic E-state index is -2.12. The van der Waals surface area contributed by atoms with E-state index in [1.54, 1.807) is 6.08 Å². The first-order valence-corrected chi connectivity index (χ1v) is 14.1. The van der Waals surface area contributed by atoms with Crippen molar-refractivity contribution in [1.82, 2.24) is 0 Å². The molecule has 0 radical (unpaired) electrons. The number of ether oxygens (including phenoxy) is 2. The van der Waals surface area contributed by atoms with Gasteiger partial charge in [-0.2, -0.15) is 0 Å². The molecule has 2 bridgehead atoms. The Morgan fingerprint density at radius 1 is 1.13 bits per heavy atom. The fraction of sp³-hybridized carbons (Fsp3) is 0.594. The maximum atomic E-state index is 14.7. The Labute approximate surface area is 228 Å². The van der Waals surface area contributed by atoms with Crippen LogP contribution in [0.1, 0.15) is 52.0 Å². The Morgan fingerprint density at radius 2 is 1.85 bits per heavy atom. The Hall–Kier alpha value is -2.61. The summed E-state index contributed by atoms with van der Waals surface area (Å²) in [6.45, 7) is 9.85. The summed E-state index contributed by atoms with van der Waals surface area (Å²) in [7, 11) is 0. The molecule has 10 unspecified atom stereocenters. The lowest BCUT2D eigenvalue weighted by Crippen LogP contribution is -2.95. The second-order valence-electron chi connectivity index (χ2n) is 13.5. The van der Waals surface area contributed by atoms with E-state index in [1.165, 1.54) is 13.0 Å². The number of aliphatic hydroxyl groups is 2. The number of carbonyl (C=O) groups is 3. The van der Waals surface area contributed by atoms with Crippen LogP contribution in [-0.4, -0.2) is 52.4 Å². The van der Waals surface area contributed by atoms with E-state index in [0.717, 1.165) is 12.0 Å². The van der Waals surface area contributed by atoms with Crippen molar-refractivity contribution in [3.8, 4) is 0 Å². The summed E-state index contributed by atoms with van der Waals surface area (Å²) < 4.78 is 12.1. The number of carbonyl (C=O) groups excluding carboxylic acids is 3. The van der Waals surface area contributed by atoms with Crippen LogP contribution < -0.4 is 0 Å². The monoisotopic (exact) mass is 532 g/mol. The average Bonchev–Trinajstić information content (AvgIpc) is 2.89. The zero-order valence-corrected chi connectivity index (χ0v) is 22.7. The predicted octanol–water partition coefficient (Wildman–Crippen LogP) is 3.48. The van der Waals surface area contributed by atoms with Gasteiger partial charge >= 0.3 is 5.97 Å². The van der Waals surface area contributed by atoms with Gasteiger partial charge in [-0.15, -0.1) is 0 Å². The van der Waals surface area contributed by atoms with Crippen molar-refractivity contribution < 1.29 is 34.1 Å². The molecule has 1 aromatic carbocycles. The van der Waals surface area contributed by atoms with Gasteiger partial charge in [0.25, 0.3) is 0 Å².